The van der Waals surface area contributed by atoms with E-state index in [0.29, 0.717) is 12.0 Å². The highest BCUT2D eigenvalue weighted by Gasteiger charge is 2.13. The van der Waals surface area contributed by atoms with E-state index in [1.54, 1.807) is 13.8 Å². The maximum atomic E-state index is 11.2. The van der Waals surface area contributed by atoms with Gasteiger partial charge in [-0.2, -0.15) is 0 Å². The second-order valence-corrected chi connectivity index (χ2v) is 3.29. The van der Waals surface area contributed by atoms with E-state index in [0.717, 1.165) is 0 Å². The van der Waals surface area contributed by atoms with E-state index in [-0.39, 0.29) is 12.6 Å². The van der Waals surface area contributed by atoms with Gasteiger partial charge in [0.15, 0.2) is 0 Å². The summed E-state index contributed by atoms with van der Waals surface area (Å²) in [6.07, 6.45) is 1.67. The lowest BCUT2D eigenvalue weighted by atomic mass is 10.2. The first-order chi connectivity index (χ1) is 7.51. The van der Waals surface area contributed by atoms with E-state index >= 15 is 0 Å². The number of carbonyl (C=O) groups is 2. The van der Waals surface area contributed by atoms with Gasteiger partial charge < -0.3 is 10.1 Å². The van der Waals surface area contributed by atoms with E-state index < -0.39 is 12.0 Å². The van der Waals surface area contributed by atoms with Gasteiger partial charge >= 0.3 is 12.0 Å². The summed E-state index contributed by atoms with van der Waals surface area (Å²) >= 11 is 0. The molecule has 0 radical (unpaired) electrons. The smallest absolute Gasteiger partial charge is 0.340 e. The van der Waals surface area contributed by atoms with Crippen molar-refractivity contribution in [1.82, 2.24) is 5.32 Å². The fraction of sp³-hybridized carbons (Fsp3) is 0.545. The molecule has 0 fully saturated rings. The number of urea groups is 1. The molecule has 0 heterocycles. The van der Waals surface area contributed by atoms with Crippen molar-refractivity contribution in [2.75, 3.05) is 6.54 Å². The first-order valence-electron chi connectivity index (χ1n) is 5.14. The fourth-order valence-corrected chi connectivity index (χ4v) is 0.885. The van der Waals surface area contributed by atoms with Gasteiger partial charge in [-0.3, -0.25) is 0 Å². The molecule has 2 amide bonds. The van der Waals surface area contributed by atoms with Crippen LogP contribution in [-0.2, 0) is 9.53 Å². The van der Waals surface area contributed by atoms with Crippen molar-refractivity contribution in [3.63, 3.8) is 0 Å². The summed E-state index contributed by atoms with van der Waals surface area (Å²) in [5.74, 6) is -0.444. The second kappa shape index (κ2) is 7.62. The molecule has 0 aliphatic carbocycles. The van der Waals surface area contributed by atoms with Gasteiger partial charge in [0.2, 0.25) is 0 Å². The molecule has 0 aliphatic rings. The van der Waals surface area contributed by atoms with Gasteiger partial charge in [-0.25, -0.2) is 14.6 Å². The number of carbonyl (C=O) groups excluding carboxylic acids is 2. The van der Waals surface area contributed by atoms with Gasteiger partial charge in [-0.05, 0) is 20.3 Å². The van der Waals surface area contributed by atoms with Crippen molar-refractivity contribution in [3.8, 4) is 0 Å². The Kier molecular flexibility index (Phi) is 6.83. The van der Waals surface area contributed by atoms with Gasteiger partial charge in [0.05, 0.1) is 6.54 Å². The van der Waals surface area contributed by atoms with Gasteiger partial charge in [-0.15, -0.1) is 0 Å². The summed E-state index contributed by atoms with van der Waals surface area (Å²) in [6, 6.07) is -0.438. The van der Waals surface area contributed by atoms with Crippen molar-refractivity contribution >= 4 is 18.2 Å². The zero-order valence-electron chi connectivity index (χ0n) is 9.95. The Labute approximate surface area is 95.6 Å². The van der Waals surface area contributed by atoms with Crippen LogP contribution in [0.3, 0.4) is 0 Å². The van der Waals surface area contributed by atoms with Crippen molar-refractivity contribution < 1.29 is 14.3 Å². The fourth-order valence-electron chi connectivity index (χ4n) is 0.885. The molecule has 0 aliphatic heterocycles. The highest BCUT2D eigenvalue weighted by atomic mass is 16.5. The quantitative estimate of drug-likeness (QED) is 0.440. The van der Waals surface area contributed by atoms with Crippen LogP contribution in [0.25, 0.3) is 0 Å². The van der Waals surface area contributed by atoms with Gasteiger partial charge in [0.25, 0.3) is 0 Å². The number of hydrogen-bond acceptors (Lipinski definition) is 3. The van der Waals surface area contributed by atoms with Crippen molar-refractivity contribution in [2.45, 2.75) is 33.3 Å². The van der Waals surface area contributed by atoms with Crippen LogP contribution in [0.4, 0.5) is 4.79 Å². The topological polar surface area (TPSA) is 67.8 Å². The molecule has 5 heteroatoms. The zero-order chi connectivity index (χ0) is 12.6. The van der Waals surface area contributed by atoms with Crippen LogP contribution in [0.15, 0.2) is 17.1 Å². The molecule has 1 unspecified atom stereocenters. The van der Waals surface area contributed by atoms with Crippen LogP contribution < -0.4 is 5.32 Å². The number of esters is 1. The van der Waals surface area contributed by atoms with Gasteiger partial charge in [0.1, 0.15) is 6.10 Å². The molecule has 0 rings (SSSR count). The summed E-state index contributed by atoms with van der Waals surface area (Å²) in [5.41, 5.74) is 0.344. The predicted octanol–water partition coefficient (Wildman–Crippen LogP) is 1.68. The Morgan fingerprint density at radius 3 is 2.62 bits per heavy atom. The molecule has 0 aromatic heterocycles. The highest BCUT2D eigenvalue weighted by Crippen LogP contribution is 2.01. The lowest BCUT2D eigenvalue weighted by Crippen LogP contribution is -2.33. The van der Waals surface area contributed by atoms with E-state index in [9.17, 15) is 9.59 Å². The molecular formula is C11H18N2O3. The maximum Gasteiger partial charge on any atom is 0.340 e. The average Bonchev–Trinajstić information content (AvgIpc) is 2.24. The van der Waals surface area contributed by atoms with E-state index in [2.05, 4.69) is 16.9 Å². The third-order valence-corrected chi connectivity index (χ3v) is 1.80. The first-order valence-corrected chi connectivity index (χ1v) is 5.14. The minimum atomic E-state index is -0.444. The lowest BCUT2D eigenvalue weighted by Gasteiger charge is -2.15. The van der Waals surface area contributed by atoms with Crippen LogP contribution in [0, 0.1) is 0 Å². The SMILES string of the molecule is C=C(C)C(=O)OC(CC)CNC(=O)N=CC. The first kappa shape index (κ1) is 14.3. The van der Waals surface area contributed by atoms with E-state index in [1.807, 2.05) is 6.92 Å². The Hall–Kier alpha value is -1.65. The summed E-state index contributed by atoms with van der Waals surface area (Å²) in [4.78, 5) is 25.7. The van der Waals surface area contributed by atoms with Crippen LogP contribution in [-0.4, -0.2) is 30.9 Å². The van der Waals surface area contributed by atoms with E-state index in [4.69, 9.17) is 4.74 Å². The van der Waals surface area contributed by atoms with Crippen molar-refractivity contribution in [1.29, 1.82) is 0 Å². The van der Waals surface area contributed by atoms with Gasteiger partial charge in [0, 0.05) is 11.8 Å². The molecular weight excluding hydrogens is 208 g/mol. The standard InChI is InChI=1S/C11H18N2O3/c1-5-9(16-10(14)8(3)4)7-13-11(15)12-6-2/h6,9H,3,5,7H2,1-2,4H3,(H,13,15). The lowest BCUT2D eigenvalue weighted by molar-refractivity contribution is -0.144. The monoisotopic (exact) mass is 226 g/mol. The molecule has 0 spiro atoms. The predicted molar refractivity (Wildman–Crippen MR) is 62.5 cm³/mol. The normalized spacial score (nSPS) is 12.2. The zero-order valence-corrected chi connectivity index (χ0v) is 9.95. The minimum absolute atomic E-state index is 0.256. The molecule has 0 saturated heterocycles. The molecule has 16 heavy (non-hydrogen) atoms. The summed E-state index contributed by atoms with van der Waals surface area (Å²) in [5, 5.41) is 2.54. The molecule has 0 saturated carbocycles. The Morgan fingerprint density at radius 1 is 1.56 bits per heavy atom. The van der Waals surface area contributed by atoms with Crippen molar-refractivity contribution in [3.05, 3.63) is 12.2 Å². The Bertz CT molecular complexity index is 298. The number of amides is 2. The van der Waals surface area contributed by atoms with Crippen LogP contribution >= 0.6 is 0 Å². The third-order valence-electron chi connectivity index (χ3n) is 1.80. The number of hydrogen-bond donors (Lipinski definition) is 1. The molecule has 90 valence electrons. The molecule has 5 nitrogen and oxygen atoms in total. The summed E-state index contributed by atoms with van der Waals surface area (Å²) in [7, 11) is 0. The number of nitrogens with zero attached hydrogens (tertiary/aromatic N) is 1. The van der Waals surface area contributed by atoms with E-state index in [1.165, 1.54) is 6.21 Å². The molecule has 1 atom stereocenters. The van der Waals surface area contributed by atoms with Gasteiger partial charge in [-0.1, -0.05) is 13.5 Å². The van der Waals surface area contributed by atoms with Crippen molar-refractivity contribution in [2.24, 2.45) is 4.99 Å². The number of aliphatic imine (C=N–C) groups is 1. The summed E-state index contributed by atoms with van der Waals surface area (Å²) in [6.45, 7) is 8.83. The van der Waals surface area contributed by atoms with Crippen LogP contribution in [0.1, 0.15) is 27.2 Å². The molecule has 1 N–H and O–H groups in total. The average molecular weight is 226 g/mol. The Morgan fingerprint density at radius 2 is 2.19 bits per heavy atom. The number of rotatable bonds is 5. The third kappa shape index (κ3) is 5.95. The maximum absolute atomic E-state index is 11.2. The number of ether oxygens (including phenoxy) is 1. The Balaban J connectivity index is 4.06. The largest absolute Gasteiger partial charge is 0.457 e. The second-order valence-electron chi connectivity index (χ2n) is 3.29. The molecule has 0 bridgehead atoms. The summed E-state index contributed by atoms with van der Waals surface area (Å²) < 4.78 is 5.08. The van der Waals surface area contributed by atoms with Crippen LogP contribution in [0.2, 0.25) is 0 Å². The number of nitrogens with one attached hydrogen (secondary N) is 1. The molecule has 0 aromatic carbocycles. The van der Waals surface area contributed by atoms with Crippen LogP contribution in [0.5, 0.6) is 0 Å². The molecule has 0 aromatic rings. The minimum Gasteiger partial charge on any atom is -0.457 e. The highest BCUT2D eigenvalue weighted by molar-refractivity contribution is 5.87.